The van der Waals surface area contributed by atoms with Crippen LogP contribution < -0.4 is 4.90 Å². The standard InChI is InChI=1S/C16H20N2O4/c1-17(13-5-3-2-4-6-13)14-9-7-12(8-10-16(19)20)11-15(14)18(21)22/h7-11,13H,2-6H2,1H3,(H,19,20)/b10-8+. The summed E-state index contributed by atoms with van der Waals surface area (Å²) >= 11 is 0. The summed E-state index contributed by atoms with van der Waals surface area (Å²) < 4.78 is 0. The van der Waals surface area contributed by atoms with E-state index in [1.54, 1.807) is 12.1 Å². The van der Waals surface area contributed by atoms with Crippen LogP contribution in [0.3, 0.4) is 0 Å². The highest BCUT2D eigenvalue weighted by atomic mass is 16.6. The number of nitro benzene ring substituents is 1. The highest BCUT2D eigenvalue weighted by Crippen LogP contribution is 2.33. The molecule has 0 aromatic heterocycles. The molecule has 2 rings (SSSR count). The van der Waals surface area contributed by atoms with Crippen molar-refractivity contribution >= 4 is 23.4 Å². The summed E-state index contributed by atoms with van der Waals surface area (Å²) in [5, 5.41) is 20.0. The Labute approximate surface area is 129 Å². The van der Waals surface area contributed by atoms with Crippen molar-refractivity contribution < 1.29 is 14.8 Å². The Morgan fingerprint density at radius 2 is 2.05 bits per heavy atom. The molecule has 0 atom stereocenters. The summed E-state index contributed by atoms with van der Waals surface area (Å²) in [7, 11) is 1.89. The molecule has 1 fully saturated rings. The van der Waals surface area contributed by atoms with Crippen LogP contribution in [0.2, 0.25) is 0 Å². The second-order valence-electron chi connectivity index (χ2n) is 5.58. The third kappa shape index (κ3) is 3.84. The van der Waals surface area contributed by atoms with Gasteiger partial charge in [-0.2, -0.15) is 0 Å². The van der Waals surface area contributed by atoms with Crippen LogP contribution in [0.1, 0.15) is 37.7 Å². The Kier molecular flexibility index (Phi) is 5.14. The van der Waals surface area contributed by atoms with E-state index in [2.05, 4.69) is 0 Å². The maximum atomic E-state index is 11.3. The number of nitro groups is 1. The Morgan fingerprint density at radius 1 is 1.36 bits per heavy atom. The molecule has 0 spiro atoms. The Bertz CT molecular complexity index is 592. The van der Waals surface area contributed by atoms with E-state index in [0.29, 0.717) is 17.3 Å². The van der Waals surface area contributed by atoms with Crippen LogP contribution >= 0.6 is 0 Å². The van der Waals surface area contributed by atoms with Crippen LogP contribution in [0, 0.1) is 10.1 Å². The van der Waals surface area contributed by atoms with Gasteiger partial charge in [0.05, 0.1) is 4.92 Å². The maximum Gasteiger partial charge on any atom is 0.328 e. The minimum atomic E-state index is -1.08. The van der Waals surface area contributed by atoms with Crippen molar-refractivity contribution in [3.05, 3.63) is 40.0 Å². The molecule has 6 heteroatoms. The van der Waals surface area contributed by atoms with Crippen LogP contribution in [0.25, 0.3) is 6.08 Å². The molecule has 0 saturated heterocycles. The van der Waals surface area contributed by atoms with Gasteiger partial charge in [0.15, 0.2) is 0 Å². The third-order valence-corrected chi connectivity index (χ3v) is 4.12. The van der Waals surface area contributed by atoms with Crippen molar-refractivity contribution in [1.82, 2.24) is 0 Å². The largest absolute Gasteiger partial charge is 0.478 e. The van der Waals surface area contributed by atoms with Crippen molar-refractivity contribution in [2.45, 2.75) is 38.1 Å². The van der Waals surface area contributed by atoms with Crippen LogP contribution in [-0.4, -0.2) is 29.1 Å². The number of carboxylic acid groups (broad SMARTS) is 1. The molecule has 0 bridgehead atoms. The lowest BCUT2D eigenvalue weighted by Crippen LogP contribution is -2.33. The molecular formula is C16H20N2O4. The summed E-state index contributed by atoms with van der Waals surface area (Å²) in [6.07, 6.45) is 7.97. The normalized spacial score (nSPS) is 15.9. The predicted molar refractivity (Wildman–Crippen MR) is 85.0 cm³/mol. The Morgan fingerprint density at radius 3 is 2.64 bits per heavy atom. The Hall–Kier alpha value is -2.37. The molecule has 6 nitrogen and oxygen atoms in total. The molecular weight excluding hydrogens is 284 g/mol. The highest BCUT2D eigenvalue weighted by Gasteiger charge is 2.24. The van der Waals surface area contributed by atoms with Gasteiger partial charge in [-0.25, -0.2) is 4.79 Å². The number of aliphatic carboxylic acids is 1. The number of carboxylic acids is 1. The summed E-state index contributed by atoms with van der Waals surface area (Å²) in [6.45, 7) is 0. The number of carbonyl (C=O) groups is 1. The van der Waals surface area contributed by atoms with Gasteiger partial charge in [-0.15, -0.1) is 0 Å². The average molecular weight is 304 g/mol. The quantitative estimate of drug-likeness (QED) is 0.511. The molecule has 1 aromatic rings. The number of benzene rings is 1. The van der Waals surface area contributed by atoms with Crippen LogP contribution in [0.5, 0.6) is 0 Å². The number of hydrogen-bond donors (Lipinski definition) is 1. The van der Waals surface area contributed by atoms with Crippen LogP contribution in [-0.2, 0) is 4.79 Å². The first-order valence-electron chi connectivity index (χ1n) is 7.41. The zero-order valence-corrected chi connectivity index (χ0v) is 12.6. The number of anilines is 1. The molecule has 0 unspecified atom stereocenters. The summed E-state index contributed by atoms with van der Waals surface area (Å²) in [5.41, 5.74) is 1.11. The van der Waals surface area contributed by atoms with E-state index in [4.69, 9.17) is 5.11 Å². The topological polar surface area (TPSA) is 83.7 Å². The molecule has 22 heavy (non-hydrogen) atoms. The average Bonchev–Trinajstić information content (AvgIpc) is 2.52. The van der Waals surface area contributed by atoms with Gasteiger partial charge in [-0.05, 0) is 30.5 Å². The molecule has 1 N–H and O–H groups in total. The van der Waals surface area contributed by atoms with Gasteiger partial charge in [-0.1, -0.05) is 25.3 Å². The lowest BCUT2D eigenvalue weighted by Gasteiger charge is -2.32. The van der Waals surface area contributed by atoms with Crippen molar-refractivity contribution in [2.24, 2.45) is 0 Å². The molecule has 0 amide bonds. The lowest BCUT2D eigenvalue weighted by molar-refractivity contribution is -0.384. The molecule has 1 saturated carbocycles. The van der Waals surface area contributed by atoms with E-state index < -0.39 is 10.9 Å². The van der Waals surface area contributed by atoms with E-state index in [1.165, 1.54) is 18.6 Å². The molecule has 0 aliphatic heterocycles. The third-order valence-electron chi connectivity index (χ3n) is 4.12. The first-order valence-corrected chi connectivity index (χ1v) is 7.41. The first-order chi connectivity index (χ1) is 10.5. The molecule has 1 aliphatic rings. The Balaban J connectivity index is 2.30. The summed E-state index contributed by atoms with van der Waals surface area (Å²) in [6, 6.07) is 5.16. The van der Waals surface area contributed by atoms with E-state index in [9.17, 15) is 14.9 Å². The monoisotopic (exact) mass is 304 g/mol. The molecule has 1 aliphatic carbocycles. The van der Waals surface area contributed by atoms with E-state index in [-0.39, 0.29) is 5.69 Å². The number of hydrogen-bond acceptors (Lipinski definition) is 4. The van der Waals surface area contributed by atoms with Gasteiger partial charge in [0, 0.05) is 25.2 Å². The number of rotatable bonds is 5. The van der Waals surface area contributed by atoms with Gasteiger partial charge in [0.25, 0.3) is 5.69 Å². The SMILES string of the molecule is CN(c1ccc(/C=C/C(=O)O)cc1[N+](=O)[O-])C1CCCCC1. The van der Waals surface area contributed by atoms with E-state index >= 15 is 0 Å². The van der Waals surface area contributed by atoms with Crippen LogP contribution in [0.15, 0.2) is 24.3 Å². The zero-order valence-electron chi connectivity index (χ0n) is 12.6. The molecule has 1 aromatic carbocycles. The van der Waals surface area contributed by atoms with Crippen molar-refractivity contribution in [3.8, 4) is 0 Å². The van der Waals surface area contributed by atoms with Gasteiger partial charge in [0.1, 0.15) is 5.69 Å². The lowest BCUT2D eigenvalue weighted by atomic mass is 9.94. The fourth-order valence-corrected chi connectivity index (χ4v) is 2.92. The second-order valence-corrected chi connectivity index (χ2v) is 5.58. The van der Waals surface area contributed by atoms with E-state index in [0.717, 1.165) is 31.8 Å². The minimum absolute atomic E-state index is 0.0145. The van der Waals surface area contributed by atoms with Gasteiger partial charge < -0.3 is 10.0 Å². The first kappa shape index (κ1) is 16.0. The maximum absolute atomic E-state index is 11.3. The minimum Gasteiger partial charge on any atom is -0.478 e. The van der Waals surface area contributed by atoms with E-state index in [1.807, 2.05) is 11.9 Å². The fraction of sp³-hybridized carbons (Fsp3) is 0.438. The molecule has 0 radical (unpaired) electrons. The predicted octanol–water partition coefficient (Wildman–Crippen LogP) is 3.46. The number of nitrogens with zero attached hydrogens (tertiary/aromatic N) is 2. The van der Waals surface area contributed by atoms with Gasteiger partial charge >= 0.3 is 5.97 Å². The smallest absolute Gasteiger partial charge is 0.328 e. The zero-order chi connectivity index (χ0) is 16.1. The summed E-state index contributed by atoms with van der Waals surface area (Å²) in [5.74, 6) is -1.08. The second kappa shape index (κ2) is 7.06. The van der Waals surface area contributed by atoms with Crippen molar-refractivity contribution in [2.75, 3.05) is 11.9 Å². The molecule has 0 heterocycles. The van der Waals surface area contributed by atoms with Crippen LogP contribution in [0.4, 0.5) is 11.4 Å². The summed E-state index contributed by atoms with van der Waals surface area (Å²) in [4.78, 5) is 23.5. The van der Waals surface area contributed by atoms with Crippen molar-refractivity contribution in [3.63, 3.8) is 0 Å². The molecule has 118 valence electrons. The van der Waals surface area contributed by atoms with Gasteiger partial charge in [-0.3, -0.25) is 10.1 Å². The van der Waals surface area contributed by atoms with Gasteiger partial charge in [0.2, 0.25) is 0 Å². The van der Waals surface area contributed by atoms with Crippen molar-refractivity contribution in [1.29, 1.82) is 0 Å². The highest BCUT2D eigenvalue weighted by molar-refractivity contribution is 5.85. The fourth-order valence-electron chi connectivity index (χ4n) is 2.92.